The van der Waals surface area contributed by atoms with E-state index in [-0.39, 0.29) is 21.1 Å². The summed E-state index contributed by atoms with van der Waals surface area (Å²) in [7, 11) is 0. The third-order valence-electron chi connectivity index (χ3n) is 4.41. The molecule has 0 heterocycles. The van der Waals surface area contributed by atoms with Crippen molar-refractivity contribution in [2.24, 2.45) is 11.8 Å². The van der Waals surface area contributed by atoms with Crippen LogP contribution < -0.4 is 4.74 Å². The Kier molecular flexibility index (Phi) is 21.9. The Morgan fingerprint density at radius 1 is 0.962 bits per heavy atom. The summed E-state index contributed by atoms with van der Waals surface area (Å²) >= 11 is 0. The molecule has 1 aromatic carbocycles. The summed E-state index contributed by atoms with van der Waals surface area (Å²) in [6.45, 7) is 20.6. The van der Waals surface area contributed by atoms with Crippen LogP contribution in [0, 0.1) is 25.7 Å². The number of hydrogen-bond donors (Lipinski definition) is 1. The van der Waals surface area contributed by atoms with Crippen LogP contribution in [-0.4, -0.2) is 11.7 Å². The topological polar surface area (TPSA) is 29.5 Å². The van der Waals surface area contributed by atoms with Crippen LogP contribution in [0.2, 0.25) is 0 Å². The second-order valence-corrected chi connectivity index (χ2v) is 5.66. The molecule has 0 atom stereocenters. The molecule has 0 bridgehead atoms. The van der Waals surface area contributed by atoms with Crippen LogP contribution in [0.5, 0.6) is 11.5 Å². The maximum Gasteiger partial charge on any atom is 0.122 e. The van der Waals surface area contributed by atoms with E-state index in [0.29, 0.717) is 17.6 Å². The number of hydrogen-bond acceptors (Lipinski definition) is 2. The maximum absolute atomic E-state index is 9.63. The Morgan fingerprint density at radius 3 is 1.92 bits per heavy atom. The molecule has 152 valence electrons. The monoisotopic (exact) mass is 534 g/mol. The number of phenolic OH excluding ortho intramolecular Hbond substituents is 1. The Bertz CT molecular complexity index is 450. The minimum Gasteiger partial charge on any atom is -0.508 e. The zero-order valence-corrected chi connectivity index (χ0v) is 21.3. The van der Waals surface area contributed by atoms with Crippen LogP contribution in [0.1, 0.15) is 78.4 Å². The zero-order chi connectivity index (χ0) is 19.8. The summed E-state index contributed by atoms with van der Waals surface area (Å²) in [6, 6.07) is 3.58. The van der Waals surface area contributed by atoms with E-state index in [1.165, 1.54) is 25.7 Å². The Hall–Kier alpha value is -0.752. The molecule has 3 heteroatoms. The van der Waals surface area contributed by atoms with Crippen molar-refractivity contribution in [2.45, 2.75) is 81.1 Å². The fraction of sp³-hybridized carbons (Fsp3) is 0.652. The van der Waals surface area contributed by atoms with Gasteiger partial charge in [-0.3, -0.25) is 0 Å². The normalized spacial score (nSPS) is 17.5. The molecule has 1 fully saturated rings. The van der Waals surface area contributed by atoms with Crippen LogP contribution in [0.3, 0.4) is 0 Å². The predicted octanol–water partition coefficient (Wildman–Crippen LogP) is 7.46. The third-order valence-corrected chi connectivity index (χ3v) is 4.41. The minimum atomic E-state index is 0. The minimum absolute atomic E-state index is 0. The summed E-state index contributed by atoms with van der Waals surface area (Å²) in [4.78, 5) is 0. The van der Waals surface area contributed by atoms with E-state index >= 15 is 0 Å². The summed E-state index contributed by atoms with van der Waals surface area (Å²) in [5.74, 6) is 2.61. The van der Waals surface area contributed by atoms with Crippen molar-refractivity contribution in [3.63, 3.8) is 0 Å². The number of allylic oxidation sites excluding steroid dienone is 1. The van der Waals surface area contributed by atoms with Gasteiger partial charge in [-0.25, -0.2) is 0 Å². The Morgan fingerprint density at radius 2 is 1.46 bits per heavy atom. The van der Waals surface area contributed by atoms with Gasteiger partial charge >= 0.3 is 0 Å². The van der Waals surface area contributed by atoms with Crippen molar-refractivity contribution in [2.75, 3.05) is 6.61 Å². The molecule has 2 nitrogen and oxygen atoms in total. The molecule has 1 aliphatic carbocycles. The summed E-state index contributed by atoms with van der Waals surface area (Å²) in [6.07, 6.45) is 7.03. The average molecular weight is 534 g/mol. The van der Waals surface area contributed by atoms with Gasteiger partial charge in [0.15, 0.2) is 0 Å². The Balaban J connectivity index is -0.000000686. The SMILES string of the molecule is C=CC1CCC(COc2ccc(O)c(C)c2C)CC1.CC.CC.CC.[W]. The van der Waals surface area contributed by atoms with Gasteiger partial charge in [-0.2, -0.15) is 0 Å². The number of ether oxygens (including phenoxy) is 1. The third kappa shape index (κ3) is 10.4. The van der Waals surface area contributed by atoms with E-state index < -0.39 is 0 Å². The molecule has 0 radical (unpaired) electrons. The van der Waals surface area contributed by atoms with Crippen molar-refractivity contribution < 1.29 is 30.9 Å². The molecule has 0 unspecified atom stereocenters. The van der Waals surface area contributed by atoms with Gasteiger partial charge in [-0.15, -0.1) is 6.58 Å². The predicted molar refractivity (Wildman–Crippen MR) is 113 cm³/mol. The van der Waals surface area contributed by atoms with Crippen LogP contribution in [0.4, 0.5) is 0 Å². The molecule has 0 spiro atoms. The van der Waals surface area contributed by atoms with Gasteiger partial charge < -0.3 is 9.84 Å². The molecular formula is C23H42O2W. The average Bonchev–Trinajstić information content (AvgIpc) is 2.70. The van der Waals surface area contributed by atoms with E-state index in [0.717, 1.165) is 23.5 Å². The van der Waals surface area contributed by atoms with E-state index in [1.54, 1.807) is 6.07 Å². The van der Waals surface area contributed by atoms with E-state index in [2.05, 4.69) is 12.7 Å². The van der Waals surface area contributed by atoms with Gasteiger partial charge in [0.05, 0.1) is 6.61 Å². The zero-order valence-electron chi connectivity index (χ0n) is 18.4. The molecule has 0 aromatic heterocycles. The van der Waals surface area contributed by atoms with Gasteiger partial charge in [0.25, 0.3) is 0 Å². The maximum atomic E-state index is 9.63. The summed E-state index contributed by atoms with van der Waals surface area (Å²) in [5, 5.41) is 9.63. The molecule has 2 rings (SSSR count). The first-order valence-electron chi connectivity index (χ1n) is 10.2. The Labute approximate surface area is 177 Å². The van der Waals surface area contributed by atoms with Gasteiger partial charge in [0, 0.05) is 21.1 Å². The smallest absolute Gasteiger partial charge is 0.122 e. The van der Waals surface area contributed by atoms with Gasteiger partial charge in [0.2, 0.25) is 0 Å². The first kappa shape index (κ1) is 30.0. The molecular weight excluding hydrogens is 492 g/mol. The second-order valence-electron chi connectivity index (χ2n) is 5.66. The van der Waals surface area contributed by atoms with Crippen LogP contribution in [0.25, 0.3) is 0 Å². The van der Waals surface area contributed by atoms with Crippen molar-refractivity contribution in [3.8, 4) is 11.5 Å². The molecule has 0 saturated heterocycles. The second kappa shape index (κ2) is 19.0. The number of benzene rings is 1. The van der Waals surface area contributed by atoms with E-state index in [1.807, 2.05) is 61.5 Å². The molecule has 0 aliphatic heterocycles. The molecule has 0 amide bonds. The molecule has 26 heavy (non-hydrogen) atoms. The molecule has 1 aromatic rings. The first-order chi connectivity index (χ1) is 12.1. The van der Waals surface area contributed by atoms with Crippen molar-refractivity contribution >= 4 is 0 Å². The molecule has 1 saturated carbocycles. The van der Waals surface area contributed by atoms with Crippen LogP contribution in [-0.2, 0) is 21.1 Å². The van der Waals surface area contributed by atoms with E-state index in [4.69, 9.17) is 4.74 Å². The number of rotatable bonds is 4. The number of aromatic hydroxyl groups is 1. The molecule has 1 N–H and O–H groups in total. The summed E-state index contributed by atoms with van der Waals surface area (Å²) < 4.78 is 5.94. The fourth-order valence-corrected chi connectivity index (χ4v) is 2.74. The standard InChI is InChI=1S/C17H24O2.3C2H6.W/c1-4-14-5-7-15(8-6-14)11-19-17-10-9-16(18)12(2)13(17)3;3*1-2;/h4,9-10,14-15,18H,1,5-8,11H2,2-3H3;3*1-2H3;. The van der Waals surface area contributed by atoms with Crippen LogP contribution in [0.15, 0.2) is 24.8 Å². The van der Waals surface area contributed by atoms with Gasteiger partial charge in [0.1, 0.15) is 11.5 Å². The van der Waals surface area contributed by atoms with Crippen molar-refractivity contribution in [1.29, 1.82) is 0 Å². The van der Waals surface area contributed by atoms with Crippen LogP contribution >= 0.6 is 0 Å². The fourth-order valence-electron chi connectivity index (χ4n) is 2.74. The quantitative estimate of drug-likeness (QED) is 0.407. The molecule has 1 aliphatic rings. The summed E-state index contributed by atoms with van der Waals surface area (Å²) in [5.41, 5.74) is 1.95. The largest absolute Gasteiger partial charge is 0.508 e. The van der Waals surface area contributed by atoms with Crippen molar-refractivity contribution in [3.05, 3.63) is 35.9 Å². The van der Waals surface area contributed by atoms with Gasteiger partial charge in [-0.05, 0) is 74.6 Å². The van der Waals surface area contributed by atoms with Crippen molar-refractivity contribution in [1.82, 2.24) is 0 Å². The van der Waals surface area contributed by atoms with Gasteiger partial charge in [-0.1, -0.05) is 47.6 Å². The number of phenols is 1. The first-order valence-corrected chi connectivity index (χ1v) is 10.2. The van der Waals surface area contributed by atoms with E-state index in [9.17, 15) is 5.11 Å².